The molecule has 0 unspecified atom stereocenters. The highest BCUT2D eigenvalue weighted by atomic mass is 79.9. The first-order valence-corrected chi connectivity index (χ1v) is 7.18. The van der Waals surface area contributed by atoms with Crippen molar-refractivity contribution in [2.24, 2.45) is 0 Å². The van der Waals surface area contributed by atoms with Crippen LogP contribution < -0.4 is 5.32 Å². The minimum atomic E-state index is -0.164. The number of nitrogens with one attached hydrogen (secondary N) is 1. The lowest BCUT2D eigenvalue weighted by Gasteiger charge is -2.08. The van der Waals surface area contributed by atoms with Gasteiger partial charge in [0.05, 0.1) is 0 Å². The van der Waals surface area contributed by atoms with E-state index in [2.05, 4.69) is 26.2 Å². The Labute approximate surface area is 130 Å². The van der Waals surface area contributed by atoms with Crippen molar-refractivity contribution in [3.05, 3.63) is 77.3 Å². The molecule has 1 amide bonds. The van der Waals surface area contributed by atoms with Gasteiger partial charge >= 0.3 is 0 Å². The normalized spacial score (nSPS) is 10.3. The Kier molecular flexibility index (Phi) is 3.83. The summed E-state index contributed by atoms with van der Waals surface area (Å²) in [6.45, 7) is 0. The summed E-state index contributed by atoms with van der Waals surface area (Å²) in [5.41, 5.74) is 2.30. The van der Waals surface area contributed by atoms with Crippen LogP contribution in [0.1, 0.15) is 10.4 Å². The second kappa shape index (κ2) is 5.93. The van der Waals surface area contributed by atoms with E-state index < -0.39 is 0 Å². The Balaban J connectivity index is 1.82. The molecule has 0 saturated heterocycles. The van der Waals surface area contributed by atoms with Crippen LogP contribution in [0.4, 0.5) is 5.69 Å². The van der Waals surface area contributed by atoms with Gasteiger partial charge in [-0.2, -0.15) is 0 Å². The Morgan fingerprint density at radius 3 is 2.67 bits per heavy atom. The van der Waals surface area contributed by atoms with E-state index in [1.165, 1.54) is 0 Å². The molecular formula is C16H12BrN3O. The molecule has 0 aliphatic carbocycles. The molecule has 3 aromatic rings. The van der Waals surface area contributed by atoms with Crippen LogP contribution in [0.3, 0.4) is 0 Å². The zero-order valence-corrected chi connectivity index (χ0v) is 12.6. The second-order valence-corrected chi connectivity index (χ2v) is 5.27. The number of hydrogen-bond acceptors (Lipinski definition) is 2. The number of aromatic nitrogens is 2. The summed E-state index contributed by atoms with van der Waals surface area (Å²) in [5.74, 6) is -0.164. The molecule has 1 N–H and O–H groups in total. The smallest absolute Gasteiger partial charge is 0.255 e. The number of benzene rings is 1. The Morgan fingerprint density at radius 2 is 1.90 bits per heavy atom. The van der Waals surface area contributed by atoms with E-state index in [0.29, 0.717) is 10.2 Å². The minimum absolute atomic E-state index is 0.164. The number of amides is 1. The van der Waals surface area contributed by atoms with Crippen LogP contribution in [0.2, 0.25) is 0 Å². The SMILES string of the molecule is O=C(Nc1cccc(-n2cccc2)c1)c1ccnc(Br)c1. The van der Waals surface area contributed by atoms with Crippen molar-refractivity contribution in [1.82, 2.24) is 9.55 Å². The van der Waals surface area contributed by atoms with Gasteiger partial charge in [-0.25, -0.2) is 4.98 Å². The third-order valence-electron chi connectivity index (χ3n) is 3.00. The number of carbonyl (C=O) groups excluding carboxylic acids is 1. The van der Waals surface area contributed by atoms with Gasteiger partial charge in [0, 0.05) is 35.5 Å². The summed E-state index contributed by atoms with van der Waals surface area (Å²) in [6.07, 6.45) is 5.51. The molecule has 0 bridgehead atoms. The molecule has 2 heterocycles. The fourth-order valence-electron chi connectivity index (χ4n) is 2.00. The topological polar surface area (TPSA) is 46.9 Å². The molecule has 5 heteroatoms. The number of hydrogen-bond donors (Lipinski definition) is 1. The van der Waals surface area contributed by atoms with Crippen LogP contribution in [-0.4, -0.2) is 15.5 Å². The number of anilines is 1. The molecule has 21 heavy (non-hydrogen) atoms. The fraction of sp³-hybridized carbons (Fsp3) is 0. The highest BCUT2D eigenvalue weighted by Gasteiger charge is 2.07. The van der Waals surface area contributed by atoms with Crippen molar-refractivity contribution in [2.45, 2.75) is 0 Å². The summed E-state index contributed by atoms with van der Waals surface area (Å²) < 4.78 is 2.62. The van der Waals surface area contributed by atoms with Crippen molar-refractivity contribution in [3.63, 3.8) is 0 Å². The Bertz CT molecular complexity index is 769. The van der Waals surface area contributed by atoms with Gasteiger partial charge in [-0.3, -0.25) is 4.79 Å². The average molecular weight is 342 g/mol. The van der Waals surface area contributed by atoms with Gasteiger partial charge in [0.1, 0.15) is 4.60 Å². The van der Waals surface area contributed by atoms with E-state index >= 15 is 0 Å². The van der Waals surface area contributed by atoms with Gasteiger partial charge in [-0.15, -0.1) is 0 Å². The number of carbonyl (C=O) groups is 1. The number of rotatable bonds is 3. The van der Waals surface area contributed by atoms with Crippen LogP contribution in [0.25, 0.3) is 5.69 Å². The molecule has 2 aromatic heterocycles. The predicted molar refractivity (Wildman–Crippen MR) is 85.7 cm³/mol. The van der Waals surface area contributed by atoms with E-state index in [9.17, 15) is 4.79 Å². The van der Waals surface area contributed by atoms with Crippen LogP contribution in [0.15, 0.2) is 71.7 Å². The fourth-order valence-corrected chi connectivity index (χ4v) is 2.36. The Hall–Kier alpha value is -2.40. The summed E-state index contributed by atoms with van der Waals surface area (Å²) >= 11 is 3.26. The molecule has 0 radical (unpaired) electrons. The summed E-state index contributed by atoms with van der Waals surface area (Å²) in [5, 5.41) is 2.89. The average Bonchev–Trinajstić information content (AvgIpc) is 3.02. The Morgan fingerprint density at radius 1 is 1.10 bits per heavy atom. The van der Waals surface area contributed by atoms with Gasteiger partial charge in [0.2, 0.25) is 0 Å². The lowest BCUT2D eigenvalue weighted by molar-refractivity contribution is 0.102. The number of nitrogens with zero attached hydrogens (tertiary/aromatic N) is 2. The quantitative estimate of drug-likeness (QED) is 0.734. The molecule has 104 valence electrons. The van der Waals surface area contributed by atoms with E-state index in [4.69, 9.17) is 0 Å². The molecular weight excluding hydrogens is 330 g/mol. The zero-order valence-electron chi connectivity index (χ0n) is 11.0. The second-order valence-electron chi connectivity index (χ2n) is 4.46. The van der Waals surface area contributed by atoms with Crippen molar-refractivity contribution in [3.8, 4) is 5.69 Å². The maximum absolute atomic E-state index is 12.2. The third-order valence-corrected chi connectivity index (χ3v) is 3.43. The molecule has 0 atom stereocenters. The molecule has 0 aliphatic heterocycles. The van der Waals surface area contributed by atoms with Gasteiger partial charge in [-0.05, 0) is 58.4 Å². The maximum Gasteiger partial charge on any atom is 0.255 e. The molecule has 0 saturated carbocycles. The van der Waals surface area contributed by atoms with E-state index in [1.54, 1.807) is 18.3 Å². The molecule has 1 aromatic carbocycles. The molecule has 0 aliphatic rings. The number of pyridine rings is 1. The molecule has 3 rings (SSSR count). The molecule has 0 spiro atoms. The predicted octanol–water partition coefficient (Wildman–Crippen LogP) is 3.89. The van der Waals surface area contributed by atoms with Crippen molar-refractivity contribution < 1.29 is 4.79 Å². The molecule has 0 fully saturated rings. The summed E-state index contributed by atoms with van der Waals surface area (Å²) in [4.78, 5) is 16.2. The van der Waals surface area contributed by atoms with Crippen LogP contribution >= 0.6 is 15.9 Å². The van der Waals surface area contributed by atoms with Gasteiger partial charge in [0.15, 0.2) is 0 Å². The first kappa shape index (κ1) is 13.6. The summed E-state index contributed by atoms with van der Waals surface area (Å²) in [6, 6.07) is 15.0. The van der Waals surface area contributed by atoms with E-state index in [1.807, 2.05) is 53.4 Å². The zero-order chi connectivity index (χ0) is 14.7. The van der Waals surface area contributed by atoms with Gasteiger partial charge in [0.25, 0.3) is 5.91 Å². The van der Waals surface area contributed by atoms with Gasteiger partial charge in [-0.1, -0.05) is 6.07 Å². The lowest BCUT2D eigenvalue weighted by Crippen LogP contribution is -2.12. The van der Waals surface area contributed by atoms with E-state index in [-0.39, 0.29) is 5.91 Å². The first-order chi connectivity index (χ1) is 10.2. The van der Waals surface area contributed by atoms with Crippen molar-refractivity contribution in [2.75, 3.05) is 5.32 Å². The highest BCUT2D eigenvalue weighted by molar-refractivity contribution is 9.10. The number of halogens is 1. The summed E-state index contributed by atoms with van der Waals surface area (Å²) in [7, 11) is 0. The largest absolute Gasteiger partial charge is 0.324 e. The van der Waals surface area contributed by atoms with Crippen molar-refractivity contribution >= 4 is 27.5 Å². The highest BCUT2D eigenvalue weighted by Crippen LogP contribution is 2.16. The standard InChI is InChI=1S/C16H12BrN3O/c17-15-10-12(6-7-18-15)16(21)19-13-4-3-5-14(11-13)20-8-1-2-9-20/h1-11H,(H,19,21). The molecule has 4 nitrogen and oxygen atoms in total. The van der Waals surface area contributed by atoms with Gasteiger partial charge < -0.3 is 9.88 Å². The monoisotopic (exact) mass is 341 g/mol. The van der Waals surface area contributed by atoms with Crippen LogP contribution in [0, 0.1) is 0 Å². The minimum Gasteiger partial charge on any atom is -0.324 e. The lowest BCUT2D eigenvalue weighted by atomic mass is 10.2. The van der Waals surface area contributed by atoms with Crippen LogP contribution in [0.5, 0.6) is 0 Å². The maximum atomic E-state index is 12.2. The van der Waals surface area contributed by atoms with Crippen LogP contribution in [-0.2, 0) is 0 Å². The third kappa shape index (κ3) is 3.20. The van der Waals surface area contributed by atoms with Crippen molar-refractivity contribution in [1.29, 1.82) is 0 Å². The van der Waals surface area contributed by atoms with E-state index in [0.717, 1.165) is 11.4 Å². The first-order valence-electron chi connectivity index (χ1n) is 6.39.